The molecular weight excluding hydrogens is 162 g/mol. The molecule has 0 aliphatic rings. The summed E-state index contributed by atoms with van der Waals surface area (Å²) in [6.07, 6.45) is 4.01. The molecule has 76 valence electrons. The lowest BCUT2D eigenvalue weighted by molar-refractivity contribution is 0.367. The Kier molecular flexibility index (Phi) is 7.54. The van der Waals surface area contributed by atoms with Crippen LogP contribution in [-0.2, 0) is 0 Å². The molecule has 13 heavy (non-hydrogen) atoms. The van der Waals surface area contributed by atoms with E-state index in [9.17, 15) is 0 Å². The molecule has 3 heteroatoms. The molecule has 0 aliphatic heterocycles. The third kappa shape index (κ3) is 6.49. The molecule has 0 radical (unpaired) electrons. The Hall–Kier alpha value is -0.670. The van der Waals surface area contributed by atoms with Crippen molar-refractivity contribution in [2.75, 3.05) is 40.8 Å². The van der Waals surface area contributed by atoms with E-state index >= 15 is 0 Å². The van der Waals surface area contributed by atoms with Gasteiger partial charge in [-0.05, 0) is 26.6 Å². The van der Waals surface area contributed by atoms with E-state index in [0.717, 1.165) is 19.6 Å². The van der Waals surface area contributed by atoms with Crippen molar-refractivity contribution in [2.45, 2.75) is 6.92 Å². The molecular formula is C10H21N3. The fourth-order valence-corrected chi connectivity index (χ4v) is 1.07. The number of hydrogen-bond acceptors (Lipinski definition) is 3. The van der Waals surface area contributed by atoms with Crippen LogP contribution in [0.3, 0.4) is 0 Å². The van der Waals surface area contributed by atoms with E-state index in [1.165, 1.54) is 5.57 Å². The Labute approximate surface area is 81.5 Å². The molecule has 0 aromatic heterocycles. The van der Waals surface area contributed by atoms with Crippen molar-refractivity contribution in [1.29, 1.82) is 0 Å². The molecule has 0 saturated carbocycles. The number of aliphatic imine (C=N–C) groups is 1. The van der Waals surface area contributed by atoms with E-state index in [-0.39, 0.29) is 0 Å². The average Bonchev–Trinajstić information content (AvgIpc) is 2.14. The number of allylic oxidation sites excluding steroid dienone is 1. The highest BCUT2D eigenvalue weighted by Gasteiger charge is 1.98. The van der Waals surface area contributed by atoms with E-state index < -0.39 is 0 Å². The zero-order chi connectivity index (χ0) is 10.1. The van der Waals surface area contributed by atoms with Gasteiger partial charge in [0, 0.05) is 32.9 Å². The van der Waals surface area contributed by atoms with Crippen molar-refractivity contribution >= 4 is 6.21 Å². The van der Waals surface area contributed by atoms with Gasteiger partial charge < -0.3 is 10.2 Å². The van der Waals surface area contributed by atoms with Crippen molar-refractivity contribution < 1.29 is 0 Å². The summed E-state index contributed by atoms with van der Waals surface area (Å²) in [4.78, 5) is 6.28. The maximum absolute atomic E-state index is 4.00. The summed E-state index contributed by atoms with van der Waals surface area (Å²) in [6, 6.07) is 0. The van der Waals surface area contributed by atoms with Crippen LogP contribution in [0.25, 0.3) is 0 Å². The fourth-order valence-electron chi connectivity index (χ4n) is 1.07. The summed E-state index contributed by atoms with van der Waals surface area (Å²) in [5.41, 5.74) is 1.26. The van der Waals surface area contributed by atoms with Gasteiger partial charge in [-0.3, -0.25) is 4.99 Å². The van der Waals surface area contributed by atoms with Gasteiger partial charge >= 0.3 is 0 Å². The molecule has 0 aromatic carbocycles. The summed E-state index contributed by atoms with van der Waals surface area (Å²) in [5.74, 6) is 0. The van der Waals surface area contributed by atoms with E-state index in [0.29, 0.717) is 0 Å². The Morgan fingerprint density at radius 2 is 2.23 bits per heavy atom. The van der Waals surface area contributed by atoms with E-state index in [2.05, 4.69) is 28.3 Å². The molecule has 0 aromatic rings. The van der Waals surface area contributed by atoms with Gasteiger partial charge in [0.15, 0.2) is 0 Å². The van der Waals surface area contributed by atoms with Crippen LogP contribution >= 0.6 is 0 Å². The summed E-state index contributed by atoms with van der Waals surface area (Å²) < 4.78 is 0. The second kappa shape index (κ2) is 7.95. The van der Waals surface area contributed by atoms with Crippen LogP contribution in [0.1, 0.15) is 6.92 Å². The standard InChI is InChI=1S/C10H21N3/c1-5-10(8-12-3)9-13(4)7-6-11-2/h5,8,11H,6-7,9H2,1-4H3/b10-5+,12-8?. The minimum absolute atomic E-state index is 0.968. The molecule has 0 aliphatic carbocycles. The maximum Gasteiger partial charge on any atom is 0.0277 e. The lowest BCUT2D eigenvalue weighted by atomic mass is 10.2. The average molecular weight is 183 g/mol. The summed E-state index contributed by atoms with van der Waals surface area (Å²) in [5, 5.41) is 3.13. The minimum atomic E-state index is 0.968. The Morgan fingerprint density at radius 1 is 1.54 bits per heavy atom. The van der Waals surface area contributed by atoms with E-state index in [1.54, 1.807) is 7.05 Å². The molecule has 0 spiro atoms. The quantitative estimate of drug-likeness (QED) is 0.616. The summed E-state index contributed by atoms with van der Waals surface area (Å²) in [7, 11) is 5.89. The molecule has 0 amide bonds. The monoisotopic (exact) mass is 183 g/mol. The zero-order valence-electron chi connectivity index (χ0n) is 9.17. The minimum Gasteiger partial charge on any atom is -0.318 e. The highest BCUT2D eigenvalue weighted by atomic mass is 15.1. The van der Waals surface area contributed by atoms with Gasteiger partial charge in [0.2, 0.25) is 0 Å². The molecule has 3 nitrogen and oxygen atoms in total. The van der Waals surface area contributed by atoms with Crippen LogP contribution in [0.2, 0.25) is 0 Å². The second-order valence-corrected chi connectivity index (χ2v) is 3.09. The van der Waals surface area contributed by atoms with Gasteiger partial charge in [-0.1, -0.05) is 6.08 Å². The predicted molar refractivity (Wildman–Crippen MR) is 59.6 cm³/mol. The molecule has 0 atom stereocenters. The third-order valence-electron chi connectivity index (χ3n) is 1.86. The molecule has 0 bridgehead atoms. The predicted octanol–water partition coefficient (Wildman–Crippen LogP) is 0.784. The first-order chi connectivity index (χ1) is 6.24. The van der Waals surface area contributed by atoms with Gasteiger partial charge in [0.25, 0.3) is 0 Å². The fraction of sp³-hybridized carbons (Fsp3) is 0.700. The van der Waals surface area contributed by atoms with Gasteiger partial charge in [0.05, 0.1) is 0 Å². The number of hydrogen-bond donors (Lipinski definition) is 1. The van der Waals surface area contributed by atoms with E-state index in [1.807, 2.05) is 20.2 Å². The lowest BCUT2D eigenvalue weighted by Crippen LogP contribution is -2.29. The van der Waals surface area contributed by atoms with Crippen molar-refractivity contribution in [2.24, 2.45) is 4.99 Å². The summed E-state index contributed by atoms with van der Waals surface area (Å²) in [6.45, 7) is 5.10. The molecule has 0 heterocycles. The normalized spacial score (nSPS) is 13.2. The van der Waals surface area contributed by atoms with Gasteiger partial charge in [0.1, 0.15) is 0 Å². The Bertz CT molecular complexity index is 173. The second-order valence-electron chi connectivity index (χ2n) is 3.09. The van der Waals surface area contributed by atoms with Gasteiger partial charge in [-0.25, -0.2) is 0 Å². The van der Waals surface area contributed by atoms with Crippen LogP contribution in [0.4, 0.5) is 0 Å². The van der Waals surface area contributed by atoms with Crippen LogP contribution < -0.4 is 5.32 Å². The highest BCUT2D eigenvalue weighted by Crippen LogP contribution is 1.93. The first-order valence-electron chi connectivity index (χ1n) is 4.65. The SMILES string of the molecule is C/C=C(\C=NC)CN(C)CCNC. The van der Waals surface area contributed by atoms with Crippen molar-refractivity contribution in [3.05, 3.63) is 11.6 Å². The smallest absolute Gasteiger partial charge is 0.0277 e. The molecule has 0 rings (SSSR count). The highest BCUT2D eigenvalue weighted by molar-refractivity contribution is 5.78. The number of rotatable bonds is 6. The van der Waals surface area contributed by atoms with Crippen LogP contribution in [0, 0.1) is 0 Å². The van der Waals surface area contributed by atoms with Crippen molar-refractivity contribution in [3.8, 4) is 0 Å². The Morgan fingerprint density at radius 3 is 2.69 bits per heavy atom. The van der Waals surface area contributed by atoms with E-state index in [4.69, 9.17) is 0 Å². The topological polar surface area (TPSA) is 27.6 Å². The molecule has 0 fully saturated rings. The zero-order valence-corrected chi connectivity index (χ0v) is 9.17. The van der Waals surface area contributed by atoms with Crippen LogP contribution in [0.15, 0.2) is 16.6 Å². The molecule has 0 unspecified atom stereocenters. The van der Waals surface area contributed by atoms with Crippen LogP contribution in [0.5, 0.6) is 0 Å². The van der Waals surface area contributed by atoms with Gasteiger partial charge in [-0.15, -0.1) is 0 Å². The third-order valence-corrected chi connectivity index (χ3v) is 1.86. The van der Waals surface area contributed by atoms with Crippen molar-refractivity contribution in [3.63, 3.8) is 0 Å². The summed E-state index contributed by atoms with van der Waals surface area (Å²) >= 11 is 0. The lowest BCUT2D eigenvalue weighted by Gasteiger charge is -2.16. The number of nitrogens with one attached hydrogen (secondary N) is 1. The molecule has 1 N–H and O–H groups in total. The van der Waals surface area contributed by atoms with Crippen LogP contribution in [-0.4, -0.2) is 51.9 Å². The Balaban J connectivity index is 3.80. The molecule has 0 saturated heterocycles. The number of nitrogens with zero attached hydrogens (tertiary/aromatic N) is 2. The largest absolute Gasteiger partial charge is 0.318 e. The maximum atomic E-state index is 4.00. The number of likely N-dealkylation sites (N-methyl/N-ethyl adjacent to an activating group) is 2. The van der Waals surface area contributed by atoms with Crippen molar-refractivity contribution in [1.82, 2.24) is 10.2 Å². The first kappa shape index (κ1) is 12.3. The first-order valence-corrected chi connectivity index (χ1v) is 4.65. The van der Waals surface area contributed by atoms with Gasteiger partial charge in [-0.2, -0.15) is 0 Å².